The van der Waals surface area contributed by atoms with Gasteiger partial charge in [-0.1, -0.05) is 62.4 Å². The Morgan fingerprint density at radius 3 is 2.12 bits per heavy atom. The minimum atomic E-state index is -1.18. The molecule has 0 spiro atoms. The maximum absolute atomic E-state index is 14.2. The first-order valence-electron chi connectivity index (χ1n) is 17.2. The molecular weight excluding hydrogens is 651 g/mol. The summed E-state index contributed by atoms with van der Waals surface area (Å²) in [5.41, 5.74) is 15.7. The second kappa shape index (κ2) is 18.5. The quantitative estimate of drug-likeness (QED) is 0.0426. The number of guanidine groups is 1. The largest absolute Gasteiger partial charge is 0.480 e. The molecule has 11 nitrogen and oxygen atoms in total. The monoisotopic (exact) mass is 698 g/mol. The van der Waals surface area contributed by atoms with E-state index in [0.29, 0.717) is 43.5 Å². The molecule has 12 heteroatoms. The third-order valence-electron chi connectivity index (χ3n) is 8.46. The van der Waals surface area contributed by atoms with Gasteiger partial charge in [-0.15, -0.1) is 0 Å². The molecule has 0 aliphatic carbocycles. The number of carbonyl (C=O) groups excluding carboxylic acids is 2. The Morgan fingerprint density at radius 1 is 0.863 bits per heavy atom. The summed E-state index contributed by atoms with van der Waals surface area (Å²) < 4.78 is 16.3. The predicted octanol–water partition coefficient (Wildman–Crippen LogP) is 5.88. The second-order valence-corrected chi connectivity index (χ2v) is 12.7. The van der Waals surface area contributed by atoms with Crippen molar-refractivity contribution in [1.82, 2.24) is 9.88 Å². The summed E-state index contributed by atoms with van der Waals surface area (Å²) in [5, 5.41) is 25.8. The number of para-hydroxylation sites is 1. The molecule has 270 valence electrons. The molecule has 0 radical (unpaired) electrons. The standard InChI is InChI=1S/C39H47FN6O5/c1-25(2)35-34(37(49)44-29-14-7-4-8-15-29)33(26-12-5-3-6-13-26)36(27-18-20-28(40)21-19-27)46(35)23-10-9-16-30(47)24-32(48)45-31(38(50)51)17-11-22-43-39(41)42/h3-8,12-15,18-21,25,30-31,47H,9-11,16-17,22-24H2,1-2H3,(H,44,49)(H,45,48)(H,50,51)(H4,41,42,43). The number of anilines is 1. The molecule has 2 atom stereocenters. The van der Waals surface area contributed by atoms with Crippen molar-refractivity contribution in [2.75, 3.05) is 11.9 Å². The number of carboxylic acids is 1. The molecule has 0 fully saturated rings. The van der Waals surface area contributed by atoms with Crippen LogP contribution < -0.4 is 22.1 Å². The minimum Gasteiger partial charge on any atom is -0.480 e. The lowest BCUT2D eigenvalue weighted by Gasteiger charge is -2.18. The summed E-state index contributed by atoms with van der Waals surface area (Å²) in [7, 11) is 0. The summed E-state index contributed by atoms with van der Waals surface area (Å²) in [6, 6.07) is 24.0. The van der Waals surface area contributed by atoms with E-state index in [1.54, 1.807) is 12.1 Å². The number of aliphatic hydroxyl groups is 1. The van der Waals surface area contributed by atoms with Crippen LogP contribution in [0.15, 0.2) is 89.9 Å². The van der Waals surface area contributed by atoms with Gasteiger partial charge >= 0.3 is 5.97 Å². The van der Waals surface area contributed by atoms with Crippen molar-refractivity contribution in [2.45, 2.75) is 77.0 Å². The predicted molar refractivity (Wildman–Crippen MR) is 198 cm³/mol. The number of nitrogens with one attached hydrogen (secondary N) is 2. The third kappa shape index (κ3) is 10.7. The Morgan fingerprint density at radius 2 is 1.51 bits per heavy atom. The van der Waals surface area contributed by atoms with E-state index < -0.39 is 24.0 Å². The zero-order valence-corrected chi connectivity index (χ0v) is 29.0. The second-order valence-electron chi connectivity index (χ2n) is 12.7. The van der Waals surface area contributed by atoms with Gasteiger partial charge in [0.25, 0.3) is 5.91 Å². The molecule has 4 aromatic rings. The molecular formula is C39H47FN6O5. The molecule has 0 aliphatic heterocycles. The molecule has 0 bridgehead atoms. The summed E-state index contributed by atoms with van der Waals surface area (Å²) in [4.78, 5) is 42.3. The van der Waals surface area contributed by atoms with Crippen molar-refractivity contribution in [2.24, 2.45) is 16.5 Å². The number of hydrogen-bond donors (Lipinski definition) is 6. The average molecular weight is 699 g/mol. The number of halogens is 1. The molecule has 1 heterocycles. The molecule has 0 saturated carbocycles. The number of nitrogens with two attached hydrogens (primary N) is 2. The number of aliphatic imine (C=N–C) groups is 1. The minimum absolute atomic E-state index is 0.0749. The zero-order chi connectivity index (χ0) is 36.9. The fraction of sp³-hybridized carbons (Fsp3) is 0.333. The van der Waals surface area contributed by atoms with Gasteiger partial charge in [-0.25, -0.2) is 9.18 Å². The van der Waals surface area contributed by atoms with Gasteiger partial charge in [-0.05, 0) is 85.5 Å². The number of unbranched alkanes of at least 4 members (excludes halogenated alkanes) is 1. The van der Waals surface area contributed by atoms with Gasteiger partial charge in [-0.3, -0.25) is 14.6 Å². The zero-order valence-electron chi connectivity index (χ0n) is 29.0. The molecule has 0 saturated heterocycles. The van der Waals surface area contributed by atoms with Crippen LogP contribution in [0.4, 0.5) is 10.1 Å². The molecule has 4 rings (SSSR count). The highest BCUT2D eigenvalue weighted by molar-refractivity contribution is 6.12. The molecule has 8 N–H and O–H groups in total. The number of nitrogens with zero attached hydrogens (tertiary/aromatic N) is 2. The Kier molecular flexibility index (Phi) is 13.9. The maximum Gasteiger partial charge on any atom is 0.326 e. The van der Waals surface area contributed by atoms with E-state index in [2.05, 4.69) is 20.2 Å². The van der Waals surface area contributed by atoms with Crippen LogP contribution in [0.5, 0.6) is 0 Å². The Bertz CT molecular complexity index is 1790. The lowest BCUT2D eigenvalue weighted by molar-refractivity contribution is -0.142. The number of aliphatic carboxylic acids is 1. The summed E-state index contributed by atoms with van der Waals surface area (Å²) >= 11 is 0. The molecule has 2 unspecified atom stereocenters. The van der Waals surface area contributed by atoms with Crippen molar-refractivity contribution in [3.63, 3.8) is 0 Å². The maximum atomic E-state index is 14.2. The lowest BCUT2D eigenvalue weighted by Crippen LogP contribution is -2.42. The van der Waals surface area contributed by atoms with Crippen molar-refractivity contribution in [3.05, 3.63) is 102 Å². The first kappa shape index (κ1) is 38.3. The number of carboxylic acid groups (broad SMARTS) is 1. The topological polar surface area (TPSA) is 185 Å². The Hall–Kier alpha value is -5.49. The number of aromatic nitrogens is 1. The van der Waals surface area contributed by atoms with Crippen LogP contribution in [-0.2, 0) is 16.1 Å². The van der Waals surface area contributed by atoms with Crippen LogP contribution >= 0.6 is 0 Å². The first-order chi connectivity index (χ1) is 24.5. The van der Waals surface area contributed by atoms with Gasteiger partial charge < -0.3 is 36.9 Å². The van der Waals surface area contributed by atoms with Crippen LogP contribution in [0.1, 0.15) is 74.3 Å². The van der Waals surface area contributed by atoms with Gasteiger partial charge in [0.05, 0.1) is 23.8 Å². The van der Waals surface area contributed by atoms with Gasteiger partial charge in [0.15, 0.2) is 5.96 Å². The van der Waals surface area contributed by atoms with Crippen molar-refractivity contribution < 1.29 is 29.0 Å². The van der Waals surface area contributed by atoms with E-state index in [4.69, 9.17) is 11.5 Å². The van der Waals surface area contributed by atoms with Gasteiger partial charge in [0.1, 0.15) is 11.9 Å². The van der Waals surface area contributed by atoms with Crippen LogP contribution in [0.25, 0.3) is 22.4 Å². The molecule has 3 aromatic carbocycles. The first-order valence-corrected chi connectivity index (χ1v) is 17.2. The number of benzene rings is 3. The number of carbonyl (C=O) groups is 3. The summed E-state index contributed by atoms with van der Waals surface area (Å²) in [6.45, 7) is 4.78. The van der Waals surface area contributed by atoms with E-state index in [9.17, 15) is 29.0 Å². The van der Waals surface area contributed by atoms with Crippen LogP contribution in [0, 0.1) is 5.82 Å². The highest BCUT2D eigenvalue weighted by atomic mass is 19.1. The summed E-state index contributed by atoms with van der Waals surface area (Å²) in [6.07, 6.45) is 0.692. The number of amides is 2. The van der Waals surface area contributed by atoms with Crippen LogP contribution in [0.3, 0.4) is 0 Å². The van der Waals surface area contributed by atoms with E-state index in [0.717, 1.165) is 28.1 Å². The number of hydrogen-bond acceptors (Lipinski definition) is 5. The smallest absolute Gasteiger partial charge is 0.326 e. The van der Waals surface area contributed by atoms with Crippen molar-refractivity contribution in [3.8, 4) is 22.4 Å². The van der Waals surface area contributed by atoms with Gasteiger partial charge in [-0.2, -0.15) is 0 Å². The molecule has 0 aliphatic rings. The number of aliphatic hydroxyl groups excluding tert-OH is 1. The Balaban J connectivity index is 1.58. The summed E-state index contributed by atoms with van der Waals surface area (Å²) in [5.74, 6) is -2.55. The van der Waals surface area contributed by atoms with E-state index in [-0.39, 0.29) is 43.0 Å². The van der Waals surface area contributed by atoms with Gasteiger partial charge in [0.2, 0.25) is 5.91 Å². The van der Waals surface area contributed by atoms with E-state index >= 15 is 0 Å². The SMILES string of the molecule is CC(C)c1c(C(=O)Nc2ccccc2)c(-c2ccccc2)c(-c2ccc(F)cc2)n1CCCCC(O)CC(=O)NC(CCCN=C(N)N)C(=O)O. The lowest BCUT2D eigenvalue weighted by atomic mass is 9.94. The Labute approximate surface area is 297 Å². The van der Waals surface area contributed by atoms with E-state index in [1.807, 2.05) is 74.5 Å². The highest BCUT2D eigenvalue weighted by Crippen LogP contribution is 2.42. The normalized spacial score (nSPS) is 12.3. The van der Waals surface area contributed by atoms with Gasteiger partial charge in [0, 0.05) is 30.0 Å². The van der Waals surface area contributed by atoms with Crippen LogP contribution in [0.2, 0.25) is 0 Å². The van der Waals surface area contributed by atoms with Crippen molar-refractivity contribution in [1.29, 1.82) is 0 Å². The van der Waals surface area contributed by atoms with Crippen molar-refractivity contribution >= 4 is 29.4 Å². The number of rotatable bonds is 18. The third-order valence-corrected chi connectivity index (χ3v) is 8.46. The highest BCUT2D eigenvalue weighted by Gasteiger charge is 2.30. The fourth-order valence-corrected chi connectivity index (χ4v) is 6.19. The van der Waals surface area contributed by atoms with E-state index in [1.165, 1.54) is 12.1 Å². The fourth-order valence-electron chi connectivity index (χ4n) is 6.19. The average Bonchev–Trinajstić information content (AvgIpc) is 3.44. The molecule has 1 aromatic heterocycles. The van der Waals surface area contributed by atoms with Crippen LogP contribution in [-0.4, -0.2) is 57.2 Å². The molecule has 51 heavy (non-hydrogen) atoms. The molecule has 2 amide bonds.